The summed E-state index contributed by atoms with van der Waals surface area (Å²) in [5.41, 5.74) is 0. The van der Waals surface area contributed by atoms with Crippen LogP contribution in [0.2, 0.25) is 0 Å². The molecule has 2 rings (SSSR count). The van der Waals surface area contributed by atoms with Gasteiger partial charge in [-0.3, -0.25) is 4.79 Å². The van der Waals surface area contributed by atoms with Crippen molar-refractivity contribution in [1.29, 1.82) is 0 Å². The molecule has 8 heteroatoms. The number of ketones is 1. The maximum Gasteiger partial charge on any atom is 0.374 e. The largest absolute Gasteiger partial charge is 0.460 e. The summed E-state index contributed by atoms with van der Waals surface area (Å²) in [6.45, 7) is 8.97. The van der Waals surface area contributed by atoms with E-state index in [1.54, 1.807) is 34.6 Å². The number of carbonyl (C=O) groups excluding carboxylic acids is 2. The van der Waals surface area contributed by atoms with Gasteiger partial charge in [-0.1, -0.05) is 0 Å². The average Bonchev–Trinajstić information content (AvgIpc) is 2.98. The van der Waals surface area contributed by atoms with Crippen molar-refractivity contribution in [2.45, 2.75) is 77.0 Å². The van der Waals surface area contributed by atoms with E-state index in [2.05, 4.69) is 4.74 Å². The van der Waals surface area contributed by atoms with Gasteiger partial charge in [-0.25, -0.2) is 4.79 Å². The van der Waals surface area contributed by atoms with Gasteiger partial charge in [-0.05, 0) is 34.6 Å². The molecule has 0 aliphatic carbocycles. The Morgan fingerprint density at radius 3 is 2.38 bits per heavy atom. The fraction of sp³-hybridized carbons (Fsp3) is 0.875. The van der Waals surface area contributed by atoms with Crippen LogP contribution in [0.15, 0.2) is 0 Å². The Bertz CT molecular complexity index is 486. The first-order valence-electron chi connectivity index (χ1n) is 8.10. The summed E-state index contributed by atoms with van der Waals surface area (Å²) >= 11 is 0. The van der Waals surface area contributed by atoms with E-state index in [1.807, 2.05) is 0 Å². The van der Waals surface area contributed by atoms with Gasteiger partial charge >= 0.3 is 5.97 Å². The van der Waals surface area contributed by atoms with Crippen molar-refractivity contribution in [3.8, 4) is 0 Å². The van der Waals surface area contributed by atoms with Crippen LogP contribution in [0.1, 0.15) is 41.0 Å². The monoisotopic (exact) mass is 346 g/mol. The van der Waals surface area contributed by atoms with Gasteiger partial charge in [-0.15, -0.1) is 0 Å². The van der Waals surface area contributed by atoms with Crippen LogP contribution in [-0.2, 0) is 33.3 Å². The Hall–Kier alpha value is -1.06. The maximum absolute atomic E-state index is 11.8. The first-order valence-corrected chi connectivity index (χ1v) is 8.10. The Balaban J connectivity index is 2.05. The van der Waals surface area contributed by atoms with Crippen LogP contribution in [0.3, 0.4) is 0 Å². The average molecular weight is 346 g/mol. The van der Waals surface area contributed by atoms with Crippen molar-refractivity contribution in [3.63, 3.8) is 0 Å². The molecule has 0 aromatic carbocycles. The summed E-state index contributed by atoms with van der Waals surface area (Å²) in [5, 5.41) is 10.4. The van der Waals surface area contributed by atoms with Gasteiger partial charge in [0.25, 0.3) is 0 Å². The zero-order valence-corrected chi connectivity index (χ0v) is 14.7. The number of Topliss-reactive ketones (excluding diaryl/α,β-unsaturated/α-hetero) is 1. The lowest BCUT2D eigenvalue weighted by Gasteiger charge is -2.26. The number of carbonyl (C=O) groups is 2. The smallest absolute Gasteiger partial charge is 0.374 e. The molecule has 2 heterocycles. The molecule has 0 amide bonds. The number of esters is 1. The summed E-state index contributed by atoms with van der Waals surface area (Å²) in [6.07, 6.45) is -3.51. The van der Waals surface area contributed by atoms with Crippen molar-refractivity contribution in [3.05, 3.63) is 0 Å². The van der Waals surface area contributed by atoms with Crippen molar-refractivity contribution in [2.24, 2.45) is 0 Å². The molecule has 0 aromatic heterocycles. The number of aliphatic hydroxyl groups excluding tert-OH is 1. The number of ether oxygens (including phenoxy) is 5. The normalized spacial score (nSPS) is 32.5. The van der Waals surface area contributed by atoms with Crippen LogP contribution in [-0.4, -0.2) is 66.1 Å². The third-order valence-electron chi connectivity index (χ3n) is 3.84. The van der Waals surface area contributed by atoms with Crippen LogP contribution >= 0.6 is 0 Å². The van der Waals surface area contributed by atoms with E-state index in [1.165, 1.54) is 0 Å². The van der Waals surface area contributed by atoms with E-state index in [9.17, 15) is 14.7 Å². The molecule has 4 atom stereocenters. The number of hydrogen-bond acceptors (Lipinski definition) is 8. The Morgan fingerprint density at radius 2 is 1.83 bits per heavy atom. The second kappa shape index (κ2) is 7.05. The first-order chi connectivity index (χ1) is 11.0. The molecule has 2 fully saturated rings. The second-order valence-electron chi connectivity index (χ2n) is 6.85. The van der Waals surface area contributed by atoms with Crippen LogP contribution in [0.25, 0.3) is 0 Å². The molecule has 0 bridgehead atoms. The number of hydrogen-bond donors (Lipinski definition) is 1. The second-order valence-corrected chi connectivity index (χ2v) is 6.85. The lowest BCUT2D eigenvalue weighted by Crippen LogP contribution is -2.45. The maximum atomic E-state index is 11.8. The highest BCUT2D eigenvalue weighted by Gasteiger charge is 2.52. The third kappa shape index (κ3) is 4.52. The molecular formula is C16H26O8. The molecule has 0 unspecified atom stereocenters. The molecule has 2 saturated heterocycles. The fourth-order valence-electron chi connectivity index (χ4n) is 2.88. The first kappa shape index (κ1) is 19.3. The molecule has 2 aliphatic rings. The summed E-state index contributed by atoms with van der Waals surface area (Å²) in [7, 11) is 0. The van der Waals surface area contributed by atoms with E-state index in [4.69, 9.17) is 18.9 Å². The minimum atomic E-state index is -1.22. The van der Waals surface area contributed by atoms with Crippen LogP contribution in [0, 0.1) is 0 Å². The minimum Gasteiger partial charge on any atom is -0.460 e. The van der Waals surface area contributed by atoms with Gasteiger partial charge in [0, 0.05) is 6.42 Å². The van der Waals surface area contributed by atoms with E-state index in [0.717, 1.165) is 0 Å². The van der Waals surface area contributed by atoms with Crippen LogP contribution < -0.4 is 0 Å². The Labute approximate surface area is 141 Å². The van der Waals surface area contributed by atoms with Gasteiger partial charge < -0.3 is 28.8 Å². The molecule has 0 radical (unpaired) electrons. The predicted octanol–water partition coefficient (Wildman–Crippen LogP) is 0.541. The zero-order valence-electron chi connectivity index (χ0n) is 14.7. The number of rotatable bonds is 6. The van der Waals surface area contributed by atoms with Gasteiger partial charge in [0.05, 0.1) is 19.3 Å². The van der Waals surface area contributed by atoms with Crippen molar-refractivity contribution >= 4 is 11.8 Å². The van der Waals surface area contributed by atoms with Crippen molar-refractivity contribution in [2.75, 3.05) is 13.2 Å². The van der Waals surface area contributed by atoms with Crippen LogP contribution in [0.4, 0.5) is 0 Å². The van der Waals surface area contributed by atoms with E-state index in [0.29, 0.717) is 0 Å². The fourth-order valence-corrected chi connectivity index (χ4v) is 2.88. The summed E-state index contributed by atoms with van der Waals surface area (Å²) in [5.74, 6) is -3.47. The standard InChI is InChI=1S/C16H26O8/c1-6-20-14(19)10(18)7-9(17)12-13(24-16(4,5)23-12)11-8-21-15(2,3)22-11/h9,11-13,17H,6-8H2,1-5H3/t9-,11-,12+,13-/m1/s1. The summed E-state index contributed by atoms with van der Waals surface area (Å²) in [6, 6.07) is 0. The van der Waals surface area contributed by atoms with Gasteiger partial charge in [0.1, 0.15) is 18.3 Å². The highest BCUT2D eigenvalue weighted by molar-refractivity contribution is 6.33. The molecule has 0 saturated carbocycles. The highest BCUT2D eigenvalue weighted by atomic mass is 16.8. The molecule has 0 spiro atoms. The molecule has 8 nitrogen and oxygen atoms in total. The molecule has 138 valence electrons. The van der Waals surface area contributed by atoms with Gasteiger partial charge in [0.2, 0.25) is 5.78 Å². The Kier molecular flexibility index (Phi) is 5.66. The molecular weight excluding hydrogens is 320 g/mol. The predicted molar refractivity (Wildman–Crippen MR) is 81.0 cm³/mol. The zero-order chi connectivity index (χ0) is 18.1. The third-order valence-corrected chi connectivity index (χ3v) is 3.84. The lowest BCUT2D eigenvalue weighted by atomic mass is 9.99. The van der Waals surface area contributed by atoms with Gasteiger partial charge in [-0.2, -0.15) is 0 Å². The minimum absolute atomic E-state index is 0.0989. The van der Waals surface area contributed by atoms with Crippen LogP contribution in [0.5, 0.6) is 0 Å². The molecule has 0 aromatic rings. The van der Waals surface area contributed by atoms with Crippen molar-refractivity contribution < 1.29 is 38.4 Å². The Morgan fingerprint density at radius 1 is 1.17 bits per heavy atom. The van der Waals surface area contributed by atoms with Gasteiger partial charge in [0.15, 0.2) is 11.6 Å². The SMILES string of the molecule is CCOC(=O)C(=O)C[C@@H](O)[C@@H]1OC(C)(C)O[C@@H]1[C@H]1COC(C)(C)O1. The molecule has 1 N–H and O–H groups in total. The molecule has 24 heavy (non-hydrogen) atoms. The van der Waals surface area contributed by atoms with E-state index >= 15 is 0 Å². The lowest BCUT2D eigenvalue weighted by molar-refractivity contribution is -0.175. The molecule has 2 aliphatic heterocycles. The quantitative estimate of drug-likeness (QED) is 0.549. The van der Waals surface area contributed by atoms with Crippen molar-refractivity contribution in [1.82, 2.24) is 0 Å². The summed E-state index contributed by atoms with van der Waals surface area (Å²) in [4.78, 5) is 23.2. The van der Waals surface area contributed by atoms with E-state index in [-0.39, 0.29) is 13.2 Å². The highest BCUT2D eigenvalue weighted by Crippen LogP contribution is 2.37. The summed E-state index contributed by atoms with van der Waals surface area (Å²) < 4.78 is 27.5. The number of aliphatic hydroxyl groups is 1. The topological polar surface area (TPSA) is 101 Å². The van der Waals surface area contributed by atoms with E-state index < -0.39 is 54.2 Å².